The summed E-state index contributed by atoms with van der Waals surface area (Å²) >= 11 is 0. The Labute approximate surface area is 42.3 Å². The zero-order valence-corrected chi connectivity index (χ0v) is 4.18. The van der Waals surface area contributed by atoms with Gasteiger partial charge in [0.05, 0.1) is 5.70 Å². The van der Waals surface area contributed by atoms with Gasteiger partial charge in [-0.25, -0.2) is 0 Å². The van der Waals surface area contributed by atoms with E-state index in [1.807, 2.05) is 0 Å². The van der Waals surface area contributed by atoms with E-state index in [9.17, 15) is 0 Å². The first-order valence-electron chi connectivity index (χ1n) is 1.82. The molecule has 0 aliphatic heterocycles. The molecule has 0 spiro atoms. The summed E-state index contributed by atoms with van der Waals surface area (Å²) in [5.41, 5.74) is 0.614. The van der Waals surface area contributed by atoms with Crippen LogP contribution >= 0.6 is 0 Å². The van der Waals surface area contributed by atoms with E-state index < -0.39 is 0 Å². The average molecular weight is 97.1 g/mol. The molecule has 0 unspecified atom stereocenters. The van der Waals surface area contributed by atoms with Crippen LogP contribution < -0.4 is 0 Å². The number of nitrogens with one attached hydrogen (secondary N) is 1. The molecule has 0 aromatic carbocycles. The lowest BCUT2D eigenvalue weighted by molar-refractivity contribution is 1.17. The van der Waals surface area contributed by atoms with Gasteiger partial charge in [0.25, 0.3) is 0 Å². The maximum absolute atomic E-state index is 6.37. The van der Waals surface area contributed by atoms with Gasteiger partial charge in [0, 0.05) is 0 Å². The van der Waals surface area contributed by atoms with Crippen molar-refractivity contribution in [2.75, 3.05) is 0 Å². The van der Waals surface area contributed by atoms with Gasteiger partial charge in [-0.1, -0.05) is 6.58 Å². The zero-order valence-electron chi connectivity index (χ0n) is 4.18. The lowest BCUT2D eigenvalue weighted by Crippen LogP contribution is -1.59. The summed E-state index contributed by atoms with van der Waals surface area (Å²) in [6, 6.07) is 0. The van der Waals surface area contributed by atoms with Crippen molar-refractivity contribution in [3.63, 3.8) is 0 Å². The fraction of sp³-hybridized carbons (Fsp3) is 0.250. The second kappa shape index (κ2) is 3.21. The van der Waals surface area contributed by atoms with Crippen molar-refractivity contribution in [2.45, 2.75) is 6.92 Å². The van der Waals surface area contributed by atoms with E-state index in [0.717, 1.165) is 6.34 Å². The summed E-state index contributed by atoms with van der Waals surface area (Å²) in [7, 11) is 0. The molecule has 0 saturated carbocycles. The standard InChI is InChI=1S/C4H7N3/c1-4(2)7-6-3-5/h3,5H,1H2,2H3. The summed E-state index contributed by atoms with van der Waals surface area (Å²) in [6.07, 6.45) is 0.870. The Bertz CT molecular complexity index is 104. The van der Waals surface area contributed by atoms with Crippen molar-refractivity contribution in [1.82, 2.24) is 0 Å². The van der Waals surface area contributed by atoms with E-state index in [1.54, 1.807) is 6.92 Å². The summed E-state index contributed by atoms with van der Waals surface area (Å²) in [5.74, 6) is 0. The Morgan fingerprint density at radius 3 is 2.57 bits per heavy atom. The Morgan fingerprint density at radius 1 is 1.86 bits per heavy atom. The van der Waals surface area contributed by atoms with Gasteiger partial charge in [-0.05, 0) is 6.92 Å². The highest BCUT2D eigenvalue weighted by Gasteiger charge is 1.68. The molecular formula is C4H7N3. The highest BCUT2D eigenvalue weighted by atomic mass is 15.1. The smallest absolute Gasteiger partial charge is 0.129 e. The number of allylic oxidation sites excluding steroid dienone is 1. The van der Waals surface area contributed by atoms with Crippen LogP contribution in [-0.4, -0.2) is 6.34 Å². The molecule has 38 valence electrons. The molecule has 7 heavy (non-hydrogen) atoms. The zero-order chi connectivity index (χ0) is 5.70. The number of azo groups is 1. The molecule has 0 aromatic rings. The molecule has 0 aliphatic rings. The van der Waals surface area contributed by atoms with E-state index in [4.69, 9.17) is 5.41 Å². The molecule has 0 aromatic heterocycles. The second-order valence-electron chi connectivity index (χ2n) is 1.08. The minimum absolute atomic E-state index is 0.614. The van der Waals surface area contributed by atoms with Gasteiger partial charge in [0.2, 0.25) is 0 Å². The largest absolute Gasteiger partial charge is 0.288 e. The highest BCUT2D eigenvalue weighted by molar-refractivity contribution is 5.49. The summed E-state index contributed by atoms with van der Waals surface area (Å²) < 4.78 is 0. The number of rotatable bonds is 2. The maximum Gasteiger partial charge on any atom is 0.129 e. The first kappa shape index (κ1) is 6.01. The second-order valence-corrected chi connectivity index (χ2v) is 1.08. The van der Waals surface area contributed by atoms with E-state index in [0.29, 0.717) is 5.70 Å². The van der Waals surface area contributed by atoms with Crippen LogP contribution in [0, 0.1) is 5.41 Å². The Balaban J connectivity index is 3.46. The number of nitrogens with zero attached hydrogens (tertiary/aromatic N) is 2. The van der Waals surface area contributed by atoms with Gasteiger partial charge < -0.3 is 0 Å². The lowest BCUT2D eigenvalue weighted by Gasteiger charge is -1.75. The Morgan fingerprint density at radius 2 is 2.43 bits per heavy atom. The van der Waals surface area contributed by atoms with E-state index >= 15 is 0 Å². The van der Waals surface area contributed by atoms with Crippen LogP contribution in [-0.2, 0) is 0 Å². The molecule has 3 nitrogen and oxygen atoms in total. The average Bonchev–Trinajstić information content (AvgIpc) is 1.61. The molecule has 1 N–H and O–H groups in total. The molecule has 0 saturated heterocycles. The first-order valence-corrected chi connectivity index (χ1v) is 1.82. The maximum atomic E-state index is 6.37. The minimum Gasteiger partial charge on any atom is -0.288 e. The molecule has 3 heteroatoms. The van der Waals surface area contributed by atoms with E-state index in [1.165, 1.54) is 0 Å². The summed E-state index contributed by atoms with van der Waals surface area (Å²) in [4.78, 5) is 0. The number of hydrogen-bond donors (Lipinski definition) is 1. The quantitative estimate of drug-likeness (QED) is 0.309. The van der Waals surface area contributed by atoms with Gasteiger partial charge in [-0.2, -0.15) is 5.11 Å². The van der Waals surface area contributed by atoms with Crippen LogP contribution in [0.3, 0.4) is 0 Å². The predicted molar refractivity (Wildman–Crippen MR) is 28.5 cm³/mol. The van der Waals surface area contributed by atoms with Gasteiger partial charge in [0.1, 0.15) is 6.34 Å². The van der Waals surface area contributed by atoms with Crippen molar-refractivity contribution in [3.05, 3.63) is 12.3 Å². The molecule has 0 fully saturated rings. The monoisotopic (exact) mass is 97.1 g/mol. The van der Waals surface area contributed by atoms with Crippen LogP contribution in [0.5, 0.6) is 0 Å². The summed E-state index contributed by atoms with van der Waals surface area (Å²) in [5, 5.41) is 13.0. The fourth-order valence-electron chi connectivity index (χ4n) is 0.127. The molecule has 0 amide bonds. The third kappa shape index (κ3) is 5.01. The topological polar surface area (TPSA) is 48.6 Å². The third-order valence-corrected chi connectivity index (χ3v) is 0.286. The minimum atomic E-state index is 0.614. The van der Waals surface area contributed by atoms with Crippen LogP contribution in [0.15, 0.2) is 22.5 Å². The van der Waals surface area contributed by atoms with Crippen molar-refractivity contribution in [2.24, 2.45) is 10.2 Å². The van der Waals surface area contributed by atoms with Crippen LogP contribution in [0.25, 0.3) is 0 Å². The normalized spacial score (nSPS) is 9.29. The molecule has 0 radical (unpaired) electrons. The lowest BCUT2D eigenvalue weighted by atomic mass is 10.6. The van der Waals surface area contributed by atoms with Crippen molar-refractivity contribution >= 4 is 6.34 Å². The molecule has 0 aliphatic carbocycles. The van der Waals surface area contributed by atoms with Crippen LogP contribution in [0.4, 0.5) is 0 Å². The predicted octanol–water partition coefficient (Wildman–Crippen LogP) is 1.58. The van der Waals surface area contributed by atoms with Gasteiger partial charge in [-0.3, -0.25) is 5.41 Å². The van der Waals surface area contributed by atoms with Gasteiger partial charge >= 0.3 is 0 Å². The fourth-order valence-corrected chi connectivity index (χ4v) is 0.127. The van der Waals surface area contributed by atoms with Gasteiger partial charge in [0.15, 0.2) is 0 Å². The van der Waals surface area contributed by atoms with Crippen LogP contribution in [0.2, 0.25) is 0 Å². The van der Waals surface area contributed by atoms with Gasteiger partial charge in [-0.15, -0.1) is 5.11 Å². The van der Waals surface area contributed by atoms with E-state index in [2.05, 4.69) is 16.8 Å². The molecule has 0 atom stereocenters. The van der Waals surface area contributed by atoms with Crippen LogP contribution in [0.1, 0.15) is 6.92 Å². The molecule has 0 bridgehead atoms. The third-order valence-electron chi connectivity index (χ3n) is 0.286. The Hall–Kier alpha value is -0.990. The molecule has 0 rings (SSSR count). The van der Waals surface area contributed by atoms with Crippen molar-refractivity contribution in [1.29, 1.82) is 5.41 Å². The SMILES string of the molecule is C=C(C)N=NC=N. The van der Waals surface area contributed by atoms with Crippen molar-refractivity contribution < 1.29 is 0 Å². The highest BCUT2D eigenvalue weighted by Crippen LogP contribution is 1.85. The summed E-state index contributed by atoms with van der Waals surface area (Å²) in [6.45, 7) is 5.14. The van der Waals surface area contributed by atoms with E-state index in [-0.39, 0.29) is 0 Å². The molecular weight excluding hydrogens is 90.1 g/mol. The first-order chi connectivity index (χ1) is 3.27. The van der Waals surface area contributed by atoms with Crippen molar-refractivity contribution in [3.8, 4) is 0 Å². The number of hydrogen-bond acceptors (Lipinski definition) is 2. The Kier molecular flexibility index (Phi) is 2.76. The molecule has 0 heterocycles.